The summed E-state index contributed by atoms with van der Waals surface area (Å²) in [5, 5.41) is 17.8. The lowest BCUT2D eigenvalue weighted by molar-refractivity contribution is -0.384. The molecule has 0 aliphatic carbocycles. The molecule has 1 aliphatic heterocycles. The fourth-order valence-corrected chi connectivity index (χ4v) is 2.37. The number of imide groups is 1. The number of carbonyl (C=O) groups excluding carboxylic acids is 4. The van der Waals surface area contributed by atoms with Gasteiger partial charge >= 0.3 is 12.2 Å². The summed E-state index contributed by atoms with van der Waals surface area (Å²) in [6.07, 6.45) is -0.607. The van der Waals surface area contributed by atoms with Crippen LogP contribution in [-0.2, 0) is 23.9 Å². The van der Waals surface area contributed by atoms with Gasteiger partial charge in [0.15, 0.2) is 0 Å². The zero-order valence-electron chi connectivity index (χ0n) is 19.0. The lowest BCUT2D eigenvalue weighted by Gasteiger charge is -2.27. The van der Waals surface area contributed by atoms with E-state index in [0.29, 0.717) is 17.9 Å². The topological polar surface area (TPSA) is 146 Å². The van der Waals surface area contributed by atoms with Crippen molar-refractivity contribution in [1.29, 1.82) is 0 Å². The molecular weight excluding hydrogens is 410 g/mol. The average molecular weight is 442 g/mol. The molecule has 1 heterocycles. The quantitative estimate of drug-likeness (QED) is 0.329. The lowest BCUT2D eigenvalue weighted by Crippen LogP contribution is -2.37. The molecule has 0 aromatic carbocycles. The van der Waals surface area contributed by atoms with Gasteiger partial charge in [0, 0.05) is 25.1 Å². The number of nitrogens with one attached hydrogen (secondary N) is 2. The van der Waals surface area contributed by atoms with E-state index in [-0.39, 0.29) is 31.5 Å². The third-order valence-corrected chi connectivity index (χ3v) is 3.60. The second-order valence-electron chi connectivity index (χ2n) is 8.95. The summed E-state index contributed by atoms with van der Waals surface area (Å²) in [5.41, 5.74) is -1.58. The van der Waals surface area contributed by atoms with Crippen molar-refractivity contribution in [2.75, 3.05) is 6.54 Å². The maximum atomic E-state index is 12.5. The number of hydrogen-bond acceptors (Lipinski definition) is 8. The van der Waals surface area contributed by atoms with Crippen LogP contribution in [0, 0.1) is 0 Å². The molecule has 0 unspecified atom stereocenters. The SMILES string of the molecule is CC(C)(C)OC(=O)NCCCCC(NC(=O)OC(C)(C)C)=C([O-])ON1C(=O)CCC1=O. The minimum atomic E-state index is -1.03. The Kier molecular flexibility index (Phi) is 9.14. The van der Waals surface area contributed by atoms with Crippen LogP contribution in [0.2, 0.25) is 0 Å². The van der Waals surface area contributed by atoms with Crippen molar-refractivity contribution in [3.63, 3.8) is 0 Å². The predicted octanol–water partition coefficient (Wildman–Crippen LogP) is 1.82. The van der Waals surface area contributed by atoms with Crippen molar-refractivity contribution in [2.24, 2.45) is 0 Å². The molecule has 1 saturated heterocycles. The number of ether oxygens (including phenoxy) is 2. The van der Waals surface area contributed by atoms with Crippen molar-refractivity contribution < 1.29 is 38.6 Å². The second kappa shape index (κ2) is 10.9. The highest BCUT2D eigenvalue weighted by Crippen LogP contribution is 2.17. The van der Waals surface area contributed by atoms with Crippen LogP contribution in [0.5, 0.6) is 0 Å². The first kappa shape index (κ1) is 26.1. The number of nitrogens with zero attached hydrogens (tertiary/aromatic N) is 1. The number of alkyl carbamates (subject to hydrolysis) is 2. The van der Waals surface area contributed by atoms with Crippen molar-refractivity contribution in [2.45, 2.75) is 84.8 Å². The Morgan fingerprint density at radius 2 is 1.45 bits per heavy atom. The van der Waals surface area contributed by atoms with E-state index in [1.165, 1.54) is 0 Å². The van der Waals surface area contributed by atoms with Crippen molar-refractivity contribution in [3.8, 4) is 0 Å². The molecule has 2 N–H and O–H groups in total. The highest BCUT2D eigenvalue weighted by Gasteiger charge is 2.28. The maximum Gasteiger partial charge on any atom is 0.411 e. The van der Waals surface area contributed by atoms with Crippen LogP contribution in [0.4, 0.5) is 9.59 Å². The van der Waals surface area contributed by atoms with Gasteiger partial charge in [0.25, 0.3) is 0 Å². The minimum Gasteiger partial charge on any atom is -0.543 e. The Morgan fingerprint density at radius 3 is 1.97 bits per heavy atom. The lowest BCUT2D eigenvalue weighted by atomic mass is 10.2. The third kappa shape index (κ3) is 10.6. The average Bonchev–Trinajstić information content (AvgIpc) is 2.89. The number of hydrogen-bond donors (Lipinski definition) is 2. The van der Waals surface area contributed by atoms with Gasteiger partial charge in [0.1, 0.15) is 11.2 Å². The van der Waals surface area contributed by atoms with Gasteiger partial charge in [-0.25, -0.2) is 14.7 Å². The molecule has 176 valence electrons. The first-order valence-corrected chi connectivity index (χ1v) is 10.1. The van der Waals surface area contributed by atoms with Crippen LogP contribution in [0.25, 0.3) is 0 Å². The summed E-state index contributed by atoms with van der Waals surface area (Å²) in [4.78, 5) is 51.9. The molecule has 1 fully saturated rings. The summed E-state index contributed by atoms with van der Waals surface area (Å²) in [6, 6.07) is 0. The Morgan fingerprint density at radius 1 is 0.935 bits per heavy atom. The highest BCUT2D eigenvalue weighted by atomic mass is 16.8. The smallest absolute Gasteiger partial charge is 0.411 e. The molecule has 11 nitrogen and oxygen atoms in total. The van der Waals surface area contributed by atoms with Gasteiger partial charge in [0.2, 0.25) is 11.8 Å². The molecule has 0 bridgehead atoms. The molecule has 0 aromatic rings. The largest absolute Gasteiger partial charge is 0.543 e. The van der Waals surface area contributed by atoms with Crippen LogP contribution in [0.3, 0.4) is 0 Å². The second-order valence-corrected chi connectivity index (χ2v) is 8.95. The zero-order chi connectivity index (χ0) is 23.8. The Labute approximate surface area is 182 Å². The minimum absolute atomic E-state index is 0.0444. The number of amides is 4. The van der Waals surface area contributed by atoms with Gasteiger partial charge in [-0.3, -0.25) is 14.9 Å². The maximum absolute atomic E-state index is 12.5. The molecule has 1 aliphatic rings. The normalized spacial score (nSPS) is 15.4. The summed E-state index contributed by atoms with van der Waals surface area (Å²) in [5.74, 6) is -2.29. The molecular formula is C20H32N3O8-. The zero-order valence-corrected chi connectivity index (χ0v) is 19.0. The van der Waals surface area contributed by atoms with Crippen LogP contribution < -0.4 is 15.7 Å². The fraction of sp³-hybridized carbons (Fsp3) is 0.700. The first-order valence-electron chi connectivity index (χ1n) is 10.1. The van der Waals surface area contributed by atoms with Crippen LogP contribution in [0.15, 0.2) is 11.6 Å². The van der Waals surface area contributed by atoms with E-state index in [2.05, 4.69) is 10.6 Å². The molecule has 0 aromatic heterocycles. The summed E-state index contributed by atoms with van der Waals surface area (Å²) < 4.78 is 10.3. The molecule has 0 spiro atoms. The van der Waals surface area contributed by atoms with Gasteiger partial charge in [-0.2, -0.15) is 0 Å². The molecule has 1 rings (SSSR count). The monoisotopic (exact) mass is 442 g/mol. The van der Waals surface area contributed by atoms with Gasteiger partial charge in [-0.05, 0) is 60.8 Å². The van der Waals surface area contributed by atoms with Gasteiger partial charge in [-0.15, -0.1) is 0 Å². The van der Waals surface area contributed by atoms with E-state index >= 15 is 0 Å². The summed E-state index contributed by atoms with van der Waals surface area (Å²) in [6.45, 7) is 10.5. The predicted molar refractivity (Wildman–Crippen MR) is 107 cm³/mol. The van der Waals surface area contributed by atoms with Crippen LogP contribution in [-0.4, -0.2) is 46.8 Å². The van der Waals surface area contributed by atoms with E-state index in [4.69, 9.17) is 14.3 Å². The molecule has 4 amide bonds. The van der Waals surface area contributed by atoms with Gasteiger partial charge in [0.05, 0.1) is 5.95 Å². The van der Waals surface area contributed by atoms with E-state index < -0.39 is 41.1 Å². The summed E-state index contributed by atoms with van der Waals surface area (Å²) in [7, 11) is 0. The van der Waals surface area contributed by atoms with Gasteiger partial charge < -0.3 is 24.7 Å². The van der Waals surface area contributed by atoms with Crippen molar-refractivity contribution >= 4 is 24.0 Å². The number of unbranched alkanes of at least 4 members (excludes halogenated alkanes) is 1. The highest BCUT2D eigenvalue weighted by molar-refractivity contribution is 6.00. The van der Waals surface area contributed by atoms with Crippen molar-refractivity contribution in [1.82, 2.24) is 15.7 Å². The molecule has 0 saturated carbocycles. The molecule has 31 heavy (non-hydrogen) atoms. The van der Waals surface area contributed by atoms with Crippen molar-refractivity contribution in [3.05, 3.63) is 11.6 Å². The van der Waals surface area contributed by atoms with Crippen LogP contribution in [0.1, 0.15) is 73.6 Å². The standard InChI is InChI=1S/C20H33N3O8/c1-19(2,3)29-17(27)21-12-8-7-9-13(22-18(28)30-20(4,5)6)16(26)31-23-14(24)10-11-15(23)25/h26H,7-12H2,1-6H3,(H,21,27)(H,22,28)/p-1. The molecule has 0 atom stereocenters. The number of hydroxylamine groups is 2. The Balaban J connectivity index is 2.70. The van der Waals surface area contributed by atoms with E-state index in [9.17, 15) is 24.3 Å². The number of carbonyl (C=O) groups is 4. The fourth-order valence-electron chi connectivity index (χ4n) is 2.37. The molecule has 11 heteroatoms. The molecule has 0 radical (unpaired) electrons. The van der Waals surface area contributed by atoms with Crippen LogP contribution >= 0.6 is 0 Å². The van der Waals surface area contributed by atoms with Gasteiger partial charge in [-0.1, -0.05) is 0 Å². The van der Waals surface area contributed by atoms with E-state index in [0.717, 1.165) is 0 Å². The summed E-state index contributed by atoms with van der Waals surface area (Å²) >= 11 is 0. The first-order chi connectivity index (χ1) is 14.2. The number of rotatable bonds is 8. The Bertz CT molecular complexity index is 703. The van der Waals surface area contributed by atoms with E-state index in [1.54, 1.807) is 41.5 Å². The third-order valence-electron chi connectivity index (χ3n) is 3.60. The van der Waals surface area contributed by atoms with E-state index in [1.807, 2.05) is 0 Å². The Hall–Kier alpha value is -2.98. The number of allylic oxidation sites excluding steroid dienone is 1.